The van der Waals surface area contributed by atoms with Crippen LogP contribution in [-0.4, -0.2) is 45.6 Å². The Kier molecular flexibility index (Phi) is 4.34. The summed E-state index contributed by atoms with van der Waals surface area (Å²) in [4.78, 5) is 26.0. The highest BCUT2D eigenvalue weighted by Crippen LogP contribution is 2.41. The first-order chi connectivity index (χ1) is 16.0. The molecule has 8 nitrogen and oxygen atoms in total. The van der Waals surface area contributed by atoms with Crippen LogP contribution in [0.15, 0.2) is 59.5 Å². The van der Waals surface area contributed by atoms with Gasteiger partial charge in [0.2, 0.25) is 5.95 Å². The van der Waals surface area contributed by atoms with Crippen molar-refractivity contribution in [2.45, 2.75) is 12.0 Å². The Balaban J connectivity index is 1.22. The molecule has 0 aliphatic carbocycles. The third kappa shape index (κ3) is 3.56. The number of nitrogens with zero attached hydrogens (tertiary/aromatic N) is 3. The number of benzene rings is 2. The minimum atomic E-state index is -0.474. The van der Waals surface area contributed by atoms with E-state index in [1.54, 1.807) is 30.5 Å². The van der Waals surface area contributed by atoms with Gasteiger partial charge < -0.3 is 20.4 Å². The predicted molar refractivity (Wildman–Crippen MR) is 124 cm³/mol. The normalized spacial score (nSPS) is 16.3. The molecule has 2 aliphatic rings. The van der Waals surface area contributed by atoms with Gasteiger partial charge in [0.1, 0.15) is 28.7 Å². The fourth-order valence-electron chi connectivity index (χ4n) is 4.65. The fourth-order valence-corrected chi connectivity index (χ4v) is 4.65. The zero-order valence-corrected chi connectivity index (χ0v) is 17.9. The number of ether oxygens (including phenoxy) is 1. The predicted octanol–water partition coefficient (Wildman–Crippen LogP) is 3.56. The number of aromatic amines is 1. The molecule has 4 heterocycles. The van der Waals surface area contributed by atoms with Crippen LogP contribution in [0.5, 0.6) is 5.75 Å². The van der Waals surface area contributed by atoms with Gasteiger partial charge in [-0.1, -0.05) is 18.2 Å². The molecule has 33 heavy (non-hydrogen) atoms. The van der Waals surface area contributed by atoms with Gasteiger partial charge in [0, 0.05) is 42.8 Å². The molecular weight excluding hydrogens is 423 g/mol. The molecule has 2 aromatic heterocycles. The Morgan fingerprint density at radius 2 is 2.03 bits per heavy atom. The van der Waals surface area contributed by atoms with Crippen LogP contribution < -0.4 is 20.9 Å². The molecule has 0 saturated carbocycles. The quantitative estimate of drug-likeness (QED) is 0.443. The Hall–Kier alpha value is -3.98. The Morgan fingerprint density at radius 1 is 1.15 bits per heavy atom. The largest absolute Gasteiger partial charge is 0.484 e. The van der Waals surface area contributed by atoms with E-state index in [0.717, 1.165) is 30.9 Å². The van der Waals surface area contributed by atoms with E-state index in [1.807, 2.05) is 12.1 Å². The summed E-state index contributed by atoms with van der Waals surface area (Å²) in [5, 5.41) is 6.77. The molecule has 0 amide bonds. The molecule has 166 valence electrons. The number of anilines is 4. The average Bonchev–Trinajstić information content (AvgIpc) is 3.14. The Labute approximate surface area is 188 Å². The molecule has 1 spiro atoms. The molecule has 1 fully saturated rings. The first-order valence-corrected chi connectivity index (χ1v) is 10.7. The van der Waals surface area contributed by atoms with Crippen molar-refractivity contribution in [3.63, 3.8) is 0 Å². The first kappa shape index (κ1) is 19.7. The van der Waals surface area contributed by atoms with Crippen molar-refractivity contribution in [1.29, 1.82) is 0 Å². The van der Waals surface area contributed by atoms with Gasteiger partial charge in [-0.05, 0) is 36.9 Å². The number of nitrogens with one attached hydrogen (secondary N) is 3. The van der Waals surface area contributed by atoms with Crippen LogP contribution >= 0.6 is 0 Å². The van der Waals surface area contributed by atoms with Gasteiger partial charge in [0.05, 0.1) is 5.52 Å². The van der Waals surface area contributed by atoms with Gasteiger partial charge in [-0.25, -0.2) is 9.37 Å². The maximum absolute atomic E-state index is 13.9. The highest BCUT2D eigenvalue weighted by molar-refractivity contribution is 5.82. The van der Waals surface area contributed by atoms with E-state index < -0.39 is 11.4 Å². The van der Waals surface area contributed by atoms with Crippen molar-refractivity contribution in [1.82, 2.24) is 19.9 Å². The van der Waals surface area contributed by atoms with Crippen LogP contribution in [0.2, 0.25) is 0 Å². The first-order valence-electron chi connectivity index (χ1n) is 10.7. The number of para-hydroxylation sites is 1. The summed E-state index contributed by atoms with van der Waals surface area (Å²) < 4.78 is 20.2. The molecule has 2 aliphatic heterocycles. The summed E-state index contributed by atoms with van der Waals surface area (Å²) >= 11 is 0. The zero-order chi connectivity index (χ0) is 22.6. The molecule has 1 saturated heterocycles. The standard InChI is InChI=1S/C24H21FN6O2/c1-31-12-24(13-31)11-15-5-6-16(10-19(15)33-24)27-23-26-8-7-20(29-23)28-18-9-14-3-2-4-17(25)21(14)30-22(18)32/h2-10H,11-13H2,1H3,(H,30,32)(H2,26,27,28,29). The minimum Gasteiger partial charge on any atom is -0.484 e. The third-order valence-corrected chi connectivity index (χ3v) is 6.03. The van der Waals surface area contributed by atoms with Crippen LogP contribution in [0.1, 0.15) is 5.56 Å². The lowest BCUT2D eigenvalue weighted by molar-refractivity contribution is -0.0481. The highest BCUT2D eigenvalue weighted by atomic mass is 19.1. The molecule has 9 heteroatoms. The molecule has 0 unspecified atom stereocenters. The summed E-state index contributed by atoms with van der Waals surface area (Å²) in [6.07, 6.45) is 2.52. The van der Waals surface area contributed by atoms with E-state index in [-0.39, 0.29) is 16.8 Å². The van der Waals surface area contributed by atoms with Crippen molar-refractivity contribution in [2.75, 3.05) is 30.8 Å². The number of likely N-dealkylation sites (tertiary alicyclic amines) is 1. The maximum atomic E-state index is 13.9. The van der Waals surface area contributed by atoms with Crippen molar-refractivity contribution in [3.8, 4) is 5.75 Å². The van der Waals surface area contributed by atoms with E-state index in [2.05, 4.69) is 43.6 Å². The van der Waals surface area contributed by atoms with Crippen LogP contribution in [0.3, 0.4) is 0 Å². The van der Waals surface area contributed by atoms with Crippen molar-refractivity contribution < 1.29 is 9.13 Å². The Morgan fingerprint density at radius 3 is 2.88 bits per heavy atom. The van der Waals surface area contributed by atoms with E-state index >= 15 is 0 Å². The van der Waals surface area contributed by atoms with Gasteiger partial charge in [0.15, 0.2) is 0 Å². The summed E-state index contributed by atoms with van der Waals surface area (Å²) in [6, 6.07) is 13.9. The molecule has 3 N–H and O–H groups in total. The monoisotopic (exact) mass is 444 g/mol. The molecule has 4 aromatic rings. The molecule has 0 radical (unpaired) electrons. The smallest absolute Gasteiger partial charge is 0.272 e. The number of aromatic nitrogens is 3. The van der Waals surface area contributed by atoms with Crippen molar-refractivity contribution in [3.05, 3.63) is 76.5 Å². The second-order valence-electron chi connectivity index (χ2n) is 8.69. The van der Waals surface area contributed by atoms with Crippen LogP contribution in [-0.2, 0) is 6.42 Å². The SMILES string of the molecule is CN1CC2(Cc3ccc(Nc4nccc(Nc5cc6cccc(F)c6[nH]c5=O)n4)cc3O2)C1. The lowest BCUT2D eigenvalue weighted by Gasteiger charge is -2.44. The van der Waals surface area contributed by atoms with E-state index in [4.69, 9.17) is 4.74 Å². The van der Waals surface area contributed by atoms with Gasteiger partial charge in [-0.15, -0.1) is 0 Å². The number of hydrogen-bond acceptors (Lipinski definition) is 7. The van der Waals surface area contributed by atoms with Gasteiger partial charge in [0.25, 0.3) is 5.56 Å². The van der Waals surface area contributed by atoms with Crippen LogP contribution in [0.25, 0.3) is 10.9 Å². The molecule has 0 bridgehead atoms. The van der Waals surface area contributed by atoms with E-state index in [0.29, 0.717) is 17.2 Å². The van der Waals surface area contributed by atoms with Gasteiger partial charge in [-0.2, -0.15) is 4.98 Å². The van der Waals surface area contributed by atoms with Crippen molar-refractivity contribution >= 4 is 34.0 Å². The summed E-state index contributed by atoms with van der Waals surface area (Å²) in [7, 11) is 2.09. The lowest BCUT2D eigenvalue weighted by atomic mass is 9.90. The lowest BCUT2D eigenvalue weighted by Crippen LogP contribution is -2.62. The maximum Gasteiger partial charge on any atom is 0.272 e. The second kappa shape index (κ2) is 7.28. The number of pyridine rings is 1. The average molecular weight is 444 g/mol. The Bertz CT molecular complexity index is 1450. The van der Waals surface area contributed by atoms with Gasteiger partial charge >= 0.3 is 0 Å². The molecular formula is C24H21FN6O2. The molecule has 2 aromatic carbocycles. The number of likely N-dealkylation sites (N-methyl/N-ethyl adjacent to an activating group) is 1. The molecule has 0 atom stereocenters. The van der Waals surface area contributed by atoms with Crippen molar-refractivity contribution in [2.24, 2.45) is 0 Å². The fraction of sp³-hybridized carbons (Fsp3) is 0.208. The second-order valence-corrected chi connectivity index (χ2v) is 8.69. The number of H-pyrrole nitrogens is 1. The van der Waals surface area contributed by atoms with Gasteiger partial charge in [-0.3, -0.25) is 9.69 Å². The summed E-state index contributed by atoms with van der Waals surface area (Å²) in [6.45, 7) is 1.86. The topological polar surface area (TPSA) is 95.2 Å². The highest BCUT2D eigenvalue weighted by Gasteiger charge is 2.47. The molecule has 6 rings (SSSR count). The number of rotatable bonds is 4. The third-order valence-electron chi connectivity index (χ3n) is 6.03. The van der Waals surface area contributed by atoms with Crippen LogP contribution in [0.4, 0.5) is 27.5 Å². The zero-order valence-electron chi connectivity index (χ0n) is 17.9. The number of fused-ring (bicyclic) bond motifs is 2. The summed E-state index contributed by atoms with van der Waals surface area (Å²) in [5.41, 5.74) is 1.93. The minimum absolute atomic E-state index is 0.0914. The van der Waals surface area contributed by atoms with E-state index in [1.165, 1.54) is 11.6 Å². The number of hydrogen-bond donors (Lipinski definition) is 3. The van der Waals surface area contributed by atoms with Crippen LogP contribution in [0, 0.1) is 5.82 Å². The van der Waals surface area contributed by atoms with E-state index in [9.17, 15) is 9.18 Å². The summed E-state index contributed by atoms with van der Waals surface area (Å²) in [5.74, 6) is 1.22. The number of halogens is 1.